The summed E-state index contributed by atoms with van der Waals surface area (Å²) in [5.74, 6) is -0.571. The number of hydrogen-bond donors (Lipinski definition) is 1. The number of carbonyl (C=O) groups excluding carboxylic acids is 1. The lowest BCUT2D eigenvalue weighted by Gasteiger charge is -2.07. The zero-order valence-corrected chi connectivity index (χ0v) is 15.3. The van der Waals surface area contributed by atoms with Crippen molar-refractivity contribution in [1.29, 1.82) is 0 Å². The van der Waals surface area contributed by atoms with E-state index in [2.05, 4.69) is 10.5 Å². The van der Waals surface area contributed by atoms with E-state index in [1.165, 1.54) is 18.3 Å². The van der Waals surface area contributed by atoms with Crippen LogP contribution in [0.3, 0.4) is 0 Å². The Labute approximate surface area is 159 Å². The number of rotatable bonds is 7. The number of aryl methyl sites for hydroxylation is 1. The number of hydrazone groups is 1. The predicted molar refractivity (Wildman–Crippen MR) is 100 cm³/mol. The molecule has 0 unspecified atom stereocenters. The van der Waals surface area contributed by atoms with Gasteiger partial charge in [0.2, 0.25) is 0 Å². The highest BCUT2D eigenvalue weighted by Gasteiger charge is 2.16. The SMILES string of the molecule is CCc1ccc(OCC(=O)N/N=C\c2c(Cl)cccc2Cl)c([N+](=O)[O-])c1. The topological polar surface area (TPSA) is 93.8 Å². The van der Waals surface area contributed by atoms with Gasteiger partial charge in [0, 0.05) is 11.6 Å². The Kier molecular flexibility index (Phi) is 6.94. The molecule has 0 saturated heterocycles. The molecule has 2 rings (SSSR count). The Morgan fingerprint density at radius 1 is 1.31 bits per heavy atom. The molecule has 136 valence electrons. The lowest BCUT2D eigenvalue weighted by atomic mass is 10.1. The number of amides is 1. The van der Waals surface area contributed by atoms with Gasteiger partial charge in [0.05, 0.1) is 21.2 Å². The van der Waals surface area contributed by atoms with E-state index >= 15 is 0 Å². The van der Waals surface area contributed by atoms with E-state index in [1.54, 1.807) is 24.3 Å². The quantitative estimate of drug-likeness (QED) is 0.435. The smallest absolute Gasteiger partial charge is 0.311 e. The Morgan fingerprint density at radius 2 is 2.00 bits per heavy atom. The summed E-state index contributed by atoms with van der Waals surface area (Å²) < 4.78 is 5.23. The summed E-state index contributed by atoms with van der Waals surface area (Å²) in [4.78, 5) is 22.3. The van der Waals surface area contributed by atoms with Gasteiger partial charge in [-0.25, -0.2) is 5.43 Å². The van der Waals surface area contributed by atoms with Gasteiger partial charge in [0.25, 0.3) is 5.91 Å². The van der Waals surface area contributed by atoms with Crippen LogP contribution in [0.2, 0.25) is 10.0 Å². The number of nitro benzene ring substituents is 1. The number of nitrogens with zero attached hydrogens (tertiary/aromatic N) is 2. The Bertz CT molecular complexity index is 836. The van der Waals surface area contributed by atoms with Crippen LogP contribution < -0.4 is 10.2 Å². The van der Waals surface area contributed by atoms with Crippen LogP contribution in [0.15, 0.2) is 41.5 Å². The van der Waals surface area contributed by atoms with Crippen LogP contribution in [0.5, 0.6) is 5.75 Å². The molecule has 0 saturated carbocycles. The first kappa shape index (κ1) is 19.7. The van der Waals surface area contributed by atoms with Crippen molar-refractivity contribution in [2.45, 2.75) is 13.3 Å². The van der Waals surface area contributed by atoms with Crippen molar-refractivity contribution >= 4 is 41.0 Å². The molecule has 0 aliphatic carbocycles. The third kappa shape index (κ3) is 5.18. The van der Waals surface area contributed by atoms with Crippen molar-refractivity contribution in [3.8, 4) is 5.75 Å². The lowest BCUT2D eigenvalue weighted by Crippen LogP contribution is -2.24. The molecule has 9 heteroatoms. The molecule has 0 fully saturated rings. The predicted octanol–water partition coefficient (Wildman–Crippen LogP) is 3.99. The van der Waals surface area contributed by atoms with Crippen LogP contribution in [0.4, 0.5) is 5.69 Å². The third-order valence-electron chi connectivity index (χ3n) is 3.37. The Morgan fingerprint density at radius 3 is 2.62 bits per heavy atom. The van der Waals surface area contributed by atoms with Crippen LogP contribution in [0, 0.1) is 10.1 Å². The first-order valence-electron chi connectivity index (χ1n) is 7.58. The summed E-state index contributed by atoms with van der Waals surface area (Å²) in [6.07, 6.45) is 1.96. The normalized spacial score (nSPS) is 10.7. The number of benzene rings is 2. The van der Waals surface area contributed by atoms with Crippen molar-refractivity contribution in [1.82, 2.24) is 5.43 Å². The number of nitro groups is 1. The summed E-state index contributed by atoms with van der Waals surface area (Å²) in [5, 5.41) is 15.6. The van der Waals surface area contributed by atoms with Crippen LogP contribution in [-0.4, -0.2) is 23.7 Å². The van der Waals surface area contributed by atoms with E-state index in [0.717, 1.165) is 5.56 Å². The van der Waals surface area contributed by atoms with Crippen LogP contribution in [0.25, 0.3) is 0 Å². The summed E-state index contributed by atoms with van der Waals surface area (Å²) in [6.45, 7) is 1.45. The second kappa shape index (κ2) is 9.17. The van der Waals surface area contributed by atoms with Gasteiger partial charge in [-0.1, -0.05) is 42.3 Å². The first-order chi connectivity index (χ1) is 12.4. The number of halogens is 2. The van der Waals surface area contributed by atoms with Gasteiger partial charge in [0.15, 0.2) is 12.4 Å². The second-order valence-electron chi connectivity index (χ2n) is 5.13. The van der Waals surface area contributed by atoms with Crippen molar-refractivity contribution in [2.75, 3.05) is 6.61 Å². The van der Waals surface area contributed by atoms with Gasteiger partial charge in [0.1, 0.15) is 0 Å². The Hall–Kier alpha value is -2.64. The lowest BCUT2D eigenvalue weighted by molar-refractivity contribution is -0.385. The molecule has 0 aliphatic rings. The number of ether oxygens (including phenoxy) is 1. The Balaban J connectivity index is 1.97. The standard InChI is InChI=1S/C17H15Cl2N3O4/c1-2-11-6-7-16(15(8-11)22(24)25)26-10-17(23)21-20-9-12-13(18)4-3-5-14(12)19/h3-9H,2,10H2,1H3,(H,21,23)/b20-9-. The molecule has 1 N–H and O–H groups in total. The molecule has 0 bridgehead atoms. The van der Waals surface area contributed by atoms with E-state index in [1.807, 2.05) is 6.92 Å². The largest absolute Gasteiger partial charge is 0.477 e. The first-order valence-corrected chi connectivity index (χ1v) is 8.34. The number of nitrogens with one attached hydrogen (secondary N) is 1. The average molecular weight is 396 g/mol. The summed E-state index contributed by atoms with van der Waals surface area (Å²) in [7, 11) is 0. The van der Waals surface area contributed by atoms with E-state index in [0.29, 0.717) is 22.0 Å². The molecule has 26 heavy (non-hydrogen) atoms. The van der Waals surface area contributed by atoms with E-state index in [9.17, 15) is 14.9 Å². The highest BCUT2D eigenvalue weighted by Crippen LogP contribution is 2.28. The maximum Gasteiger partial charge on any atom is 0.311 e. The molecule has 2 aromatic carbocycles. The maximum atomic E-state index is 11.8. The number of carbonyl (C=O) groups is 1. The number of hydrogen-bond acceptors (Lipinski definition) is 5. The van der Waals surface area contributed by atoms with Crippen molar-refractivity contribution < 1.29 is 14.5 Å². The van der Waals surface area contributed by atoms with Crippen LogP contribution in [-0.2, 0) is 11.2 Å². The fraction of sp³-hybridized carbons (Fsp3) is 0.176. The maximum absolute atomic E-state index is 11.8. The van der Waals surface area contributed by atoms with E-state index in [4.69, 9.17) is 27.9 Å². The molecular weight excluding hydrogens is 381 g/mol. The molecule has 0 radical (unpaired) electrons. The van der Waals surface area contributed by atoms with Crippen molar-refractivity contribution in [3.05, 3.63) is 67.7 Å². The molecule has 0 spiro atoms. The van der Waals surface area contributed by atoms with Crippen molar-refractivity contribution in [2.24, 2.45) is 5.10 Å². The summed E-state index contributed by atoms with van der Waals surface area (Å²) >= 11 is 12.0. The minimum absolute atomic E-state index is 0.0143. The van der Waals surface area contributed by atoms with Crippen molar-refractivity contribution in [3.63, 3.8) is 0 Å². The molecule has 0 heterocycles. The summed E-state index contributed by atoms with van der Waals surface area (Å²) in [6, 6.07) is 9.56. The second-order valence-corrected chi connectivity index (χ2v) is 5.94. The van der Waals surface area contributed by atoms with Gasteiger partial charge >= 0.3 is 5.69 Å². The van der Waals surface area contributed by atoms with Gasteiger partial charge < -0.3 is 4.74 Å². The zero-order chi connectivity index (χ0) is 19.1. The molecule has 0 atom stereocenters. The fourth-order valence-corrected chi connectivity index (χ4v) is 2.52. The van der Waals surface area contributed by atoms with E-state index in [-0.39, 0.29) is 11.4 Å². The molecule has 0 aromatic heterocycles. The minimum Gasteiger partial charge on any atom is -0.477 e. The zero-order valence-electron chi connectivity index (χ0n) is 13.7. The van der Waals surface area contributed by atoms with Gasteiger partial charge in [-0.05, 0) is 30.2 Å². The third-order valence-corrected chi connectivity index (χ3v) is 4.03. The van der Waals surface area contributed by atoms with Gasteiger partial charge in [-0.3, -0.25) is 14.9 Å². The van der Waals surface area contributed by atoms with Crippen LogP contribution in [0.1, 0.15) is 18.1 Å². The van der Waals surface area contributed by atoms with Crippen LogP contribution >= 0.6 is 23.2 Å². The van der Waals surface area contributed by atoms with E-state index < -0.39 is 17.4 Å². The fourth-order valence-electron chi connectivity index (χ4n) is 2.03. The highest BCUT2D eigenvalue weighted by molar-refractivity contribution is 6.38. The monoisotopic (exact) mass is 395 g/mol. The highest BCUT2D eigenvalue weighted by atomic mass is 35.5. The van der Waals surface area contributed by atoms with Gasteiger partial charge in [-0.15, -0.1) is 0 Å². The summed E-state index contributed by atoms with van der Waals surface area (Å²) in [5.41, 5.74) is 3.32. The minimum atomic E-state index is -0.585. The molecule has 7 nitrogen and oxygen atoms in total. The molecule has 0 aliphatic heterocycles. The average Bonchev–Trinajstić information content (AvgIpc) is 2.62. The molecular formula is C17H15Cl2N3O4. The molecule has 1 amide bonds. The molecule has 2 aromatic rings. The van der Waals surface area contributed by atoms with Gasteiger partial charge in [-0.2, -0.15) is 5.10 Å².